The summed E-state index contributed by atoms with van der Waals surface area (Å²) in [6.45, 7) is 3.32. The number of ether oxygens (including phenoxy) is 1. The number of hydrogen-bond donors (Lipinski definition) is 1. The third kappa shape index (κ3) is 3.25. The molecule has 1 aliphatic rings. The maximum Gasteiger partial charge on any atom is 0.150 e. The molecule has 24 heavy (non-hydrogen) atoms. The van der Waals surface area contributed by atoms with Gasteiger partial charge in [-0.1, -0.05) is 23.2 Å². The summed E-state index contributed by atoms with van der Waals surface area (Å²) in [5, 5.41) is 14.6. The summed E-state index contributed by atoms with van der Waals surface area (Å²) >= 11 is 12.5. The maximum atomic E-state index is 14.4. The van der Waals surface area contributed by atoms with E-state index in [1.807, 2.05) is 0 Å². The van der Waals surface area contributed by atoms with Crippen molar-refractivity contribution >= 4 is 23.2 Å². The lowest BCUT2D eigenvalue weighted by Gasteiger charge is -2.19. The molecule has 2 unspecified atom stereocenters. The lowest BCUT2D eigenvalue weighted by atomic mass is 9.99. The predicted octanol–water partition coefficient (Wildman–Crippen LogP) is 4.35. The maximum absolute atomic E-state index is 14.4. The molecule has 1 aliphatic carbocycles. The van der Waals surface area contributed by atoms with Gasteiger partial charge in [0.1, 0.15) is 22.7 Å². The van der Waals surface area contributed by atoms with E-state index in [1.54, 1.807) is 13.8 Å². The summed E-state index contributed by atoms with van der Waals surface area (Å²) in [5.41, 5.74) is 2.09. The summed E-state index contributed by atoms with van der Waals surface area (Å²) in [6, 6.07) is 2.65. The van der Waals surface area contributed by atoms with Gasteiger partial charge in [0.05, 0.1) is 16.8 Å². The van der Waals surface area contributed by atoms with Crippen LogP contribution in [-0.2, 0) is 12.8 Å². The molecule has 3 rings (SSSR count). The van der Waals surface area contributed by atoms with Crippen molar-refractivity contribution in [3.05, 3.63) is 39.4 Å². The van der Waals surface area contributed by atoms with Crippen LogP contribution < -0.4 is 4.74 Å². The van der Waals surface area contributed by atoms with Gasteiger partial charge in [-0.05, 0) is 45.6 Å². The molecule has 0 saturated heterocycles. The molecule has 1 heterocycles. The minimum Gasteiger partial charge on any atom is -0.486 e. The second-order valence-electron chi connectivity index (χ2n) is 6.13. The highest BCUT2D eigenvalue weighted by Gasteiger charge is 2.23. The van der Waals surface area contributed by atoms with Crippen LogP contribution >= 0.6 is 23.2 Å². The summed E-state index contributed by atoms with van der Waals surface area (Å²) in [5.74, 6) is -0.246. The average Bonchev–Trinajstić information content (AvgIpc) is 2.87. The third-order valence-corrected chi connectivity index (χ3v) is 5.00. The van der Waals surface area contributed by atoms with Crippen molar-refractivity contribution < 1.29 is 14.2 Å². The van der Waals surface area contributed by atoms with Crippen molar-refractivity contribution in [1.29, 1.82) is 0 Å². The lowest BCUT2D eigenvalue weighted by Crippen LogP contribution is -2.25. The molecule has 0 bridgehead atoms. The highest BCUT2D eigenvalue weighted by molar-refractivity contribution is 6.32. The Bertz CT molecular complexity index is 762. The van der Waals surface area contributed by atoms with E-state index in [1.165, 1.54) is 16.8 Å². The average molecular weight is 373 g/mol. The molecule has 1 aromatic heterocycles. The molecule has 0 aliphatic heterocycles. The number of benzene rings is 1. The van der Waals surface area contributed by atoms with Gasteiger partial charge in [0.25, 0.3) is 0 Å². The van der Waals surface area contributed by atoms with Gasteiger partial charge in [0.15, 0.2) is 5.82 Å². The standard InChI is InChI=1S/C17H19Cl2FN2O2/c1-9(23)10(2)24-16-8-15(13(20)7-12(16)18)22-17(19)11-5-3-4-6-14(11)21-22/h7-10,23H,3-6H2,1-2H3. The highest BCUT2D eigenvalue weighted by atomic mass is 35.5. The molecule has 0 radical (unpaired) electrons. The minimum atomic E-state index is -0.685. The molecule has 7 heteroatoms. The second-order valence-corrected chi connectivity index (χ2v) is 6.90. The SMILES string of the molecule is CC(O)C(C)Oc1cc(-n2nc3c(c2Cl)CCCC3)c(F)cc1Cl. The van der Waals surface area contributed by atoms with Gasteiger partial charge >= 0.3 is 0 Å². The van der Waals surface area contributed by atoms with E-state index in [2.05, 4.69) is 5.10 Å². The third-order valence-electron chi connectivity index (χ3n) is 4.32. The summed E-state index contributed by atoms with van der Waals surface area (Å²) < 4.78 is 21.5. The number of nitrogens with zero attached hydrogens (tertiary/aromatic N) is 2. The predicted molar refractivity (Wildman–Crippen MR) is 92.0 cm³/mol. The smallest absolute Gasteiger partial charge is 0.150 e. The Morgan fingerprint density at radius 1 is 1.25 bits per heavy atom. The Hall–Kier alpha value is -1.30. The Morgan fingerprint density at radius 2 is 1.96 bits per heavy atom. The zero-order valence-corrected chi connectivity index (χ0v) is 15.0. The number of aliphatic hydroxyl groups is 1. The van der Waals surface area contributed by atoms with Crippen LogP contribution in [0.3, 0.4) is 0 Å². The Labute approximate surface area is 150 Å². The molecular formula is C17H19Cl2FN2O2. The van der Waals surface area contributed by atoms with Gasteiger partial charge in [-0.2, -0.15) is 5.10 Å². The van der Waals surface area contributed by atoms with Crippen LogP contribution in [0.1, 0.15) is 37.9 Å². The molecule has 0 fully saturated rings. The Balaban J connectivity index is 2.03. The molecule has 1 aromatic carbocycles. The van der Waals surface area contributed by atoms with Crippen molar-refractivity contribution in [3.63, 3.8) is 0 Å². The fourth-order valence-electron chi connectivity index (χ4n) is 2.74. The summed E-state index contributed by atoms with van der Waals surface area (Å²) in [7, 11) is 0. The van der Waals surface area contributed by atoms with Crippen LogP contribution in [0, 0.1) is 5.82 Å². The van der Waals surface area contributed by atoms with Gasteiger partial charge < -0.3 is 9.84 Å². The first kappa shape index (κ1) is 17.5. The van der Waals surface area contributed by atoms with Gasteiger partial charge in [-0.15, -0.1) is 0 Å². The number of aliphatic hydroxyl groups excluding tert-OH is 1. The summed E-state index contributed by atoms with van der Waals surface area (Å²) in [6.07, 6.45) is 2.65. The summed E-state index contributed by atoms with van der Waals surface area (Å²) in [4.78, 5) is 0. The van der Waals surface area contributed by atoms with Crippen molar-refractivity contribution in [3.8, 4) is 11.4 Å². The highest BCUT2D eigenvalue weighted by Crippen LogP contribution is 2.34. The normalized spacial score (nSPS) is 16.6. The monoisotopic (exact) mass is 372 g/mol. The van der Waals surface area contributed by atoms with E-state index in [9.17, 15) is 9.50 Å². The Morgan fingerprint density at radius 3 is 2.62 bits per heavy atom. The number of halogens is 3. The van der Waals surface area contributed by atoms with Gasteiger partial charge in [-0.3, -0.25) is 0 Å². The van der Waals surface area contributed by atoms with Crippen molar-refractivity contribution in [2.24, 2.45) is 0 Å². The molecule has 0 amide bonds. The fourth-order valence-corrected chi connectivity index (χ4v) is 3.27. The molecular weight excluding hydrogens is 354 g/mol. The topological polar surface area (TPSA) is 47.3 Å². The zero-order valence-electron chi connectivity index (χ0n) is 13.5. The van der Waals surface area contributed by atoms with Crippen LogP contribution in [0.5, 0.6) is 5.75 Å². The van der Waals surface area contributed by atoms with Crippen molar-refractivity contribution in [2.75, 3.05) is 0 Å². The fraction of sp³-hybridized carbons (Fsp3) is 0.471. The number of aryl methyl sites for hydroxylation is 1. The van der Waals surface area contributed by atoms with E-state index in [0.29, 0.717) is 5.15 Å². The minimum absolute atomic E-state index is 0.136. The van der Waals surface area contributed by atoms with Crippen LogP contribution in [0.15, 0.2) is 12.1 Å². The molecule has 4 nitrogen and oxygen atoms in total. The van der Waals surface area contributed by atoms with Crippen molar-refractivity contribution in [1.82, 2.24) is 9.78 Å². The van der Waals surface area contributed by atoms with Gasteiger partial charge in [-0.25, -0.2) is 9.07 Å². The molecule has 2 aromatic rings. The number of fused-ring (bicyclic) bond motifs is 1. The van der Waals surface area contributed by atoms with Crippen LogP contribution in [0.2, 0.25) is 10.2 Å². The molecule has 0 spiro atoms. The van der Waals surface area contributed by atoms with Gasteiger partial charge in [0.2, 0.25) is 0 Å². The van der Waals surface area contributed by atoms with Crippen LogP contribution in [0.4, 0.5) is 4.39 Å². The first-order valence-electron chi connectivity index (χ1n) is 7.99. The quantitative estimate of drug-likeness (QED) is 0.867. The lowest BCUT2D eigenvalue weighted by molar-refractivity contribution is 0.0604. The van der Waals surface area contributed by atoms with E-state index < -0.39 is 18.0 Å². The van der Waals surface area contributed by atoms with Gasteiger partial charge in [0, 0.05) is 11.6 Å². The second kappa shape index (κ2) is 6.90. The van der Waals surface area contributed by atoms with Crippen LogP contribution in [-0.4, -0.2) is 27.1 Å². The van der Waals surface area contributed by atoms with Crippen LogP contribution in [0.25, 0.3) is 5.69 Å². The molecule has 2 atom stereocenters. The van der Waals surface area contributed by atoms with Crippen molar-refractivity contribution in [2.45, 2.75) is 51.7 Å². The van der Waals surface area contributed by atoms with E-state index in [4.69, 9.17) is 27.9 Å². The number of rotatable bonds is 4. The van der Waals surface area contributed by atoms with E-state index in [-0.39, 0.29) is 16.5 Å². The van der Waals surface area contributed by atoms with E-state index in [0.717, 1.165) is 36.9 Å². The first-order valence-corrected chi connectivity index (χ1v) is 8.74. The number of hydrogen-bond acceptors (Lipinski definition) is 3. The molecule has 130 valence electrons. The Kier molecular flexibility index (Phi) is 5.04. The van der Waals surface area contributed by atoms with E-state index >= 15 is 0 Å². The molecule has 0 saturated carbocycles. The zero-order chi connectivity index (χ0) is 17.4. The largest absolute Gasteiger partial charge is 0.486 e. The first-order chi connectivity index (χ1) is 11.4. The number of aromatic nitrogens is 2. The molecule has 1 N–H and O–H groups in total.